The summed E-state index contributed by atoms with van der Waals surface area (Å²) in [5.74, 6) is 1.11. The smallest absolute Gasteiger partial charge is 0.234 e. The number of anilines is 2. The van der Waals surface area contributed by atoms with Gasteiger partial charge in [-0.1, -0.05) is 20.4 Å². The van der Waals surface area contributed by atoms with E-state index in [0.717, 1.165) is 6.42 Å². The first-order valence-electron chi connectivity index (χ1n) is 6.38. The maximum atomic E-state index is 11.1. The standard InChI is InChI=1S/C13H17N5OS.CH4/c1-4-10(11-6-5-7-20-11)17-13-15-8(2)14-12(18-13)16-9(3)19;/h5-7,10H,4H2,1-3H3,(H2,14,15,16,17,18,19);1H4. The summed E-state index contributed by atoms with van der Waals surface area (Å²) in [5.41, 5.74) is 0. The van der Waals surface area contributed by atoms with Crippen molar-refractivity contribution in [2.24, 2.45) is 0 Å². The monoisotopic (exact) mass is 307 g/mol. The molecule has 7 heteroatoms. The van der Waals surface area contributed by atoms with Crippen molar-refractivity contribution < 1.29 is 4.79 Å². The Morgan fingerprint density at radius 3 is 2.62 bits per heavy atom. The molecule has 1 atom stereocenters. The SMILES string of the molecule is C.CCC(Nc1nc(C)nc(NC(C)=O)n1)c1cccs1. The minimum absolute atomic E-state index is 0. The lowest BCUT2D eigenvalue weighted by atomic mass is 10.2. The van der Waals surface area contributed by atoms with E-state index in [9.17, 15) is 4.79 Å². The fraction of sp³-hybridized carbons (Fsp3) is 0.429. The number of nitrogens with zero attached hydrogens (tertiary/aromatic N) is 3. The van der Waals surface area contributed by atoms with Crippen molar-refractivity contribution in [1.29, 1.82) is 0 Å². The highest BCUT2D eigenvalue weighted by molar-refractivity contribution is 7.10. The summed E-state index contributed by atoms with van der Waals surface area (Å²) in [5, 5.41) is 7.90. The molecule has 6 nitrogen and oxygen atoms in total. The van der Waals surface area contributed by atoms with Gasteiger partial charge >= 0.3 is 0 Å². The first kappa shape index (κ1) is 17.0. The number of nitrogens with one attached hydrogen (secondary N) is 2. The molecule has 2 rings (SSSR count). The molecule has 0 aromatic carbocycles. The van der Waals surface area contributed by atoms with Crippen LogP contribution in [0, 0.1) is 6.92 Å². The predicted octanol–water partition coefficient (Wildman–Crippen LogP) is 3.40. The summed E-state index contributed by atoms with van der Waals surface area (Å²) in [6.07, 6.45) is 0.917. The lowest BCUT2D eigenvalue weighted by molar-refractivity contribution is -0.114. The lowest BCUT2D eigenvalue weighted by Crippen LogP contribution is -2.15. The van der Waals surface area contributed by atoms with E-state index in [4.69, 9.17) is 0 Å². The van der Waals surface area contributed by atoms with Gasteiger partial charge in [-0.2, -0.15) is 15.0 Å². The Labute approximate surface area is 129 Å². The first-order valence-corrected chi connectivity index (χ1v) is 7.26. The average molecular weight is 307 g/mol. The number of carbonyl (C=O) groups is 1. The number of thiophene rings is 1. The Balaban J connectivity index is 0.00000220. The summed E-state index contributed by atoms with van der Waals surface area (Å²) >= 11 is 1.69. The highest BCUT2D eigenvalue weighted by Crippen LogP contribution is 2.25. The second-order valence-corrected chi connectivity index (χ2v) is 5.31. The molecular weight excluding hydrogens is 286 g/mol. The molecule has 1 unspecified atom stereocenters. The number of hydrogen-bond donors (Lipinski definition) is 2. The molecular formula is C14H21N5OS. The van der Waals surface area contributed by atoms with Crippen LogP contribution in [0.1, 0.15) is 44.4 Å². The Kier molecular flexibility index (Phi) is 6.23. The molecule has 2 N–H and O–H groups in total. The Bertz CT molecular complexity index is 585. The molecule has 0 aliphatic heterocycles. The average Bonchev–Trinajstić information content (AvgIpc) is 2.88. The van der Waals surface area contributed by atoms with Gasteiger partial charge in [0.15, 0.2) is 0 Å². The van der Waals surface area contributed by atoms with Gasteiger partial charge in [0, 0.05) is 11.8 Å². The van der Waals surface area contributed by atoms with Crippen LogP contribution in [-0.2, 0) is 4.79 Å². The molecule has 0 fully saturated rings. The summed E-state index contributed by atoms with van der Waals surface area (Å²) in [6.45, 7) is 5.29. The molecule has 1 amide bonds. The fourth-order valence-corrected chi connectivity index (χ4v) is 2.64. The molecule has 21 heavy (non-hydrogen) atoms. The number of amides is 1. The number of carbonyl (C=O) groups excluding carboxylic acids is 1. The van der Waals surface area contributed by atoms with E-state index in [1.165, 1.54) is 11.8 Å². The zero-order valence-corrected chi connectivity index (χ0v) is 12.5. The van der Waals surface area contributed by atoms with Gasteiger partial charge in [-0.05, 0) is 24.8 Å². The molecule has 114 valence electrons. The third kappa shape index (κ3) is 4.78. The van der Waals surface area contributed by atoms with Crippen LogP contribution in [0.15, 0.2) is 17.5 Å². The van der Waals surface area contributed by atoms with Gasteiger partial charge in [0.05, 0.1) is 6.04 Å². The van der Waals surface area contributed by atoms with E-state index < -0.39 is 0 Å². The quantitative estimate of drug-likeness (QED) is 0.885. The molecule has 0 aliphatic rings. The minimum Gasteiger partial charge on any atom is -0.346 e. The highest BCUT2D eigenvalue weighted by atomic mass is 32.1. The van der Waals surface area contributed by atoms with Gasteiger partial charge < -0.3 is 5.32 Å². The largest absolute Gasteiger partial charge is 0.346 e. The molecule has 0 saturated heterocycles. The van der Waals surface area contributed by atoms with E-state index in [1.54, 1.807) is 18.3 Å². The molecule has 2 heterocycles. The van der Waals surface area contributed by atoms with Gasteiger partial charge in [0.25, 0.3) is 0 Å². The molecule has 0 saturated carbocycles. The van der Waals surface area contributed by atoms with Crippen LogP contribution in [-0.4, -0.2) is 20.9 Å². The molecule has 0 spiro atoms. The summed E-state index contributed by atoms with van der Waals surface area (Å²) in [4.78, 5) is 24.8. The van der Waals surface area contributed by atoms with E-state index in [-0.39, 0.29) is 25.3 Å². The molecule has 2 aromatic rings. The first-order chi connectivity index (χ1) is 9.58. The van der Waals surface area contributed by atoms with Gasteiger partial charge in [-0.25, -0.2) is 0 Å². The summed E-state index contributed by atoms with van der Waals surface area (Å²) in [7, 11) is 0. The second-order valence-electron chi connectivity index (χ2n) is 4.33. The number of hydrogen-bond acceptors (Lipinski definition) is 6. The van der Waals surface area contributed by atoms with E-state index in [0.29, 0.717) is 11.8 Å². The molecule has 0 bridgehead atoms. The van der Waals surface area contributed by atoms with Crippen molar-refractivity contribution in [1.82, 2.24) is 15.0 Å². The van der Waals surface area contributed by atoms with Crippen molar-refractivity contribution in [2.75, 3.05) is 10.6 Å². The van der Waals surface area contributed by atoms with Gasteiger partial charge in [0.2, 0.25) is 17.8 Å². The fourth-order valence-electron chi connectivity index (χ4n) is 1.78. The van der Waals surface area contributed by atoms with E-state index >= 15 is 0 Å². The molecule has 2 aromatic heterocycles. The van der Waals surface area contributed by atoms with E-state index in [2.05, 4.69) is 38.6 Å². The van der Waals surface area contributed by atoms with Crippen molar-refractivity contribution >= 4 is 29.1 Å². The van der Waals surface area contributed by atoms with Crippen molar-refractivity contribution in [3.05, 3.63) is 28.2 Å². The summed E-state index contributed by atoms with van der Waals surface area (Å²) in [6, 6.07) is 4.25. The van der Waals surface area contributed by atoms with Crippen LogP contribution in [0.5, 0.6) is 0 Å². The van der Waals surface area contributed by atoms with Crippen LogP contribution in [0.3, 0.4) is 0 Å². The van der Waals surface area contributed by atoms with Gasteiger partial charge in [0.1, 0.15) is 5.82 Å². The van der Waals surface area contributed by atoms with Crippen molar-refractivity contribution in [2.45, 2.75) is 40.7 Å². The maximum Gasteiger partial charge on any atom is 0.234 e. The third-order valence-electron chi connectivity index (χ3n) is 2.63. The van der Waals surface area contributed by atoms with Crippen LogP contribution < -0.4 is 10.6 Å². The Morgan fingerprint density at radius 2 is 2.05 bits per heavy atom. The van der Waals surface area contributed by atoms with Crippen molar-refractivity contribution in [3.63, 3.8) is 0 Å². The minimum atomic E-state index is -0.202. The lowest BCUT2D eigenvalue weighted by Gasteiger charge is -2.16. The molecule has 0 aliphatic carbocycles. The van der Waals surface area contributed by atoms with Gasteiger partial charge in [-0.3, -0.25) is 10.1 Å². The highest BCUT2D eigenvalue weighted by Gasteiger charge is 2.13. The van der Waals surface area contributed by atoms with Crippen LogP contribution in [0.25, 0.3) is 0 Å². The van der Waals surface area contributed by atoms with Crippen LogP contribution >= 0.6 is 11.3 Å². The molecule has 0 radical (unpaired) electrons. The van der Waals surface area contributed by atoms with Crippen molar-refractivity contribution in [3.8, 4) is 0 Å². The van der Waals surface area contributed by atoms with Crippen LogP contribution in [0.4, 0.5) is 11.9 Å². The Hall–Kier alpha value is -2.02. The second kappa shape index (κ2) is 7.68. The Morgan fingerprint density at radius 1 is 1.33 bits per heavy atom. The summed E-state index contributed by atoms with van der Waals surface area (Å²) < 4.78 is 0. The third-order valence-corrected chi connectivity index (χ3v) is 3.62. The van der Waals surface area contributed by atoms with E-state index in [1.807, 2.05) is 11.4 Å². The number of rotatable bonds is 5. The zero-order valence-electron chi connectivity index (χ0n) is 11.7. The topological polar surface area (TPSA) is 79.8 Å². The van der Waals surface area contributed by atoms with Gasteiger partial charge in [-0.15, -0.1) is 11.3 Å². The number of aromatic nitrogens is 3. The van der Waals surface area contributed by atoms with Crippen LogP contribution in [0.2, 0.25) is 0 Å². The normalized spacial score (nSPS) is 11.4. The zero-order chi connectivity index (χ0) is 14.5. The maximum absolute atomic E-state index is 11.1. The number of aryl methyl sites for hydroxylation is 1. The predicted molar refractivity (Wildman–Crippen MR) is 86.6 cm³/mol.